The number of hydrogen-bond acceptors (Lipinski definition) is 6. The van der Waals surface area contributed by atoms with Gasteiger partial charge in [-0.05, 0) is 115 Å². The van der Waals surface area contributed by atoms with Gasteiger partial charge in [0.1, 0.15) is 0 Å². The molecule has 3 saturated heterocycles. The normalized spacial score (nSPS) is 21.9. The molecule has 6 nitrogen and oxygen atoms in total. The van der Waals surface area contributed by atoms with E-state index < -0.39 is 0 Å². The lowest BCUT2D eigenvalue weighted by atomic mass is 9.91. The minimum Gasteiger partial charge on any atom is -0.384 e. The Bertz CT molecular complexity index is 885. The van der Waals surface area contributed by atoms with Gasteiger partial charge in [0.2, 0.25) is 0 Å². The molecule has 186 valence electrons. The molecule has 0 atom stereocenters. The van der Waals surface area contributed by atoms with Gasteiger partial charge in [0.25, 0.3) is 0 Å². The second-order valence-corrected chi connectivity index (χ2v) is 10.7. The van der Waals surface area contributed by atoms with E-state index in [1.807, 2.05) is 18.3 Å². The predicted molar refractivity (Wildman–Crippen MR) is 143 cm³/mol. The summed E-state index contributed by atoms with van der Waals surface area (Å²) < 4.78 is 0. The van der Waals surface area contributed by atoms with Gasteiger partial charge in [-0.1, -0.05) is 11.6 Å². The van der Waals surface area contributed by atoms with Crippen LogP contribution in [0.25, 0.3) is 10.9 Å². The third-order valence-corrected chi connectivity index (χ3v) is 8.35. The first-order valence-electron chi connectivity index (χ1n) is 13.5. The molecule has 3 aliphatic heterocycles. The molecular formula is C27H41ClN6. The zero-order valence-corrected chi connectivity index (χ0v) is 21.2. The number of likely N-dealkylation sites (tertiary alicyclic amines) is 1. The fourth-order valence-electron chi connectivity index (χ4n) is 6.35. The molecule has 0 bridgehead atoms. The largest absolute Gasteiger partial charge is 0.384 e. The number of nitrogens with one attached hydrogen (secondary N) is 3. The summed E-state index contributed by atoms with van der Waals surface area (Å²) in [5.41, 5.74) is 2.10. The Morgan fingerprint density at radius 1 is 0.912 bits per heavy atom. The van der Waals surface area contributed by atoms with Crippen LogP contribution in [-0.2, 0) is 0 Å². The van der Waals surface area contributed by atoms with E-state index in [-0.39, 0.29) is 0 Å². The standard InChI is InChI=1S/C27H41ClN6/c28-21-2-3-25-26(8-16-32-27(25)20-21)31-11-1-17-33-18-9-24(10-19-33)34(22-4-12-29-13-5-22)23-6-14-30-15-7-23/h2-3,8,16,20,22-24,29-30H,1,4-7,9-15,17-19H2,(H,31,32). The minimum atomic E-state index is 0.736. The predicted octanol–water partition coefficient (Wildman–Crippen LogP) is 3.96. The summed E-state index contributed by atoms with van der Waals surface area (Å²) >= 11 is 6.13. The number of anilines is 1. The van der Waals surface area contributed by atoms with Crippen LogP contribution in [0, 0.1) is 0 Å². The lowest BCUT2D eigenvalue weighted by molar-refractivity contribution is 0.0133. The third kappa shape index (κ3) is 6.03. The number of fused-ring (bicyclic) bond motifs is 1. The fraction of sp³-hybridized carbons (Fsp3) is 0.667. The molecule has 1 aromatic carbocycles. The van der Waals surface area contributed by atoms with Crippen LogP contribution in [-0.4, -0.2) is 85.3 Å². The van der Waals surface area contributed by atoms with Gasteiger partial charge >= 0.3 is 0 Å². The molecule has 2 aromatic rings. The highest BCUT2D eigenvalue weighted by Gasteiger charge is 2.35. The highest BCUT2D eigenvalue weighted by atomic mass is 35.5. The lowest BCUT2D eigenvalue weighted by Crippen LogP contribution is -2.57. The Hall–Kier alpha value is -1.44. The molecule has 4 heterocycles. The average Bonchev–Trinajstić information content (AvgIpc) is 2.89. The molecule has 0 unspecified atom stereocenters. The Morgan fingerprint density at radius 2 is 1.56 bits per heavy atom. The smallest absolute Gasteiger partial charge is 0.0737 e. The minimum absolute atomic E-state index is 0.736. The van der Waals surface area contributed by atoms with E-state index in [1.165, 1.54) is 84.3 Å². The first-order valence-corrected chi connectivity index (χ1v) is 13.8. The van der Waals surface area contributed by atoms with Crippen LogP contribution in [0.5, 0.6) is 0 Å². The molecule has 3 fully saturated rings. The first-order chi connectivity index (χ1) is 16.8. The van der Waals surface area contributed by atoms with E-state index in [0.29, 0.717) is 0 Å². The highest BCUT2D eigenvalue weighted by molar-refractivity contribution is 6.31. The van der Waals surface area contributed by atoms with Crippen molar-refractivity contribution in [2.75, 3.05) is 57.7 Å². The summed E-state index contributed by atoms with van der Waals surface area (Å²) in [4.78, 5) is 10.1. The van der Waals surface area contributed by atoms with Crippen LogP contribution in [0.4, 0.5) is 5.69 Å². The quantitative estimate of drug-likeness (QED) is 0.493. The Kier molecular flexibility index (Phi) is 8.56. The summed E-state index contributed by atoms with van der Waals surface area (Å²) in [7, 11) is 0. The van der Waals surface area contributed by atoms with Gasteiger partial charge in [0.05, 0.1) is 5.52 Å². The Balaban J connectivity index is 1.09. The van der Waals surface area contributed by atoms with Crippen molar-refractivity contribution >= 4 is 28.2 Å². The van der Waals surface area contributed by atoms with Gasteiger partial charge < -0.3 is 20.9 Å². The zero-order valence-electron chi connectivity index (χ0n) is 20.4. The Labute approximate surface area is 209 Å². The van der Waals surface area contributed by atoms with Crippen molar-refractivity contribution in [3.8, 4) is 0 Å². The van der Waals surface area contributed by atoms with Crippen LogP contribution >= 0.6 is 11.6 Å². The molecular weight excluding hydrogens is 444 g/mol. The molecule has 0 amide bonds. The summed E-state index contributed by atoms with van der Waals surface area (Å²) in [5, 5.41) is 12.7. The second kappa shape index (κ2) is 12.0. The number of halogens is 1. The van der Waals surface area contributed by atoms with Gasteiger partial charge in [-0.3, -0.25) is 9.88 Å². The van der Waals surface area contributed by atoms with E-state index in [0.717, 1.165) is 52.7 Å². The number of piperidine rings is 3. The van der Waals surface area contributed by atoms with Crippen molar-refractivity contribution in [3.63, 3.8) is 0 Å². The maximum atomic E-state index is 6.13. The van der Waals surface area contributed by atoms with Crippen LogP contribution in [0.15, 0.2) is 30.5 Å². The monoisotopic (exact) mass is 484 g/mol. The molecule has 0 aliphatic carbocycles. The van der Waals surface area contributed by atoms with Crippen molar-refractivity contribution in [1.82, 2.24) is 25.4 Å². The van der Waals surface area contributed by atoms with Crippen LogP contribution in [0.1, 0.15) is 44.9 Å². The third-order valence-electron chi connectivity index (χ3n) is 8.11. The van der Waals surface area contributed by atoms with Gasteiger partial charge in [-0.25, -0.2) is 0 Å². The van der Waals surface area contributed by atoms with Crippen LogP contribution in [0.2, 0.25) is 5.02 Å². The maximum absolute atomic E-state index is 6.13. The molecule has 0 radical (unpaired) electrons. The zero-order chi connectivity index (χ0) is 23.2. The summed E-state index contributed by atoms with van der Waals surface area (Å²) in [6.07, 6.45) is 11.0. The number of hydrogen-bond donors (Lipinski definition) is 3. The van der Waals surface area contributed by atoms with Crippen molar-refractivity contribution < 1.29 is 0 Å². The van der Waals surface area contributed by atoms with E-state index in [2.05, 4.69) is 42.9 Å². The fourth-order valence-corrected chi connectivity index (χ4v) is 6.51. The summed E-state index contributed by atoms with van der Waals surface area (Å²) in [6, 6.07) is 10.4. The van der Waals surface area contributed by atoms with Crippen molar-refractivity contribution in [1.29, 1.82) is 0 Å². The topological polar surface area (TPSA) is 55.5 Å². The number of pyridine rings is 1. The van der Waals surface area contributed by atoms with Crippen molar-refractivity contribution in [2.24, 2.45) is 0 Å². The summed E-state index contributed by atoms with van der Waals surface area (Å²) in [6.45, 7) is 9.42. The van der Waals surface area contributed by atoms with Crippen LogP contribution < -0.4 is 16.0 Å². The van der Waals surface area contributed by atoms with Crippen molar-refractivity contribution in [2.45, 2.75) is 63.1 Å². The van der Waals surface area contributed by atoms with Gasteiger partial charge in [0.15, 0.2) is 0 Å². The molecule has 5 rings (SSSR count). The number of benzene rings is 1. The van der Waals surface area contributed by atoms with E-state index in [1.54, 1.807) is 0 Å². The maximum Gasteiger partial charge on any atom is 0.0737 e. The van der Waals surface area contributed by atoms with Gasteiger partial charge in [-0.15, -0.1) is 0 Å². The van der Waals surface area contributed by atoms with Crippen molar-refractivity contribution in [3.05, 3.63) is 35.5 Å². The summed E-state index contributed by atoms with van der Waals surface area (Å²) in [5.74, 6) is 0. The average molecular weight is 485 g/mol. The van der Waals surface area contributed by atoms with E-state index in [4.69, 9.17) is 11.6 Å². The molecule has 1 aromatic heterocycles. The molecule has 3 aliphatic rings. The molecule has 34 heavy (non-hydrogen) atoms. The van der Waals surface area contributed by atoms with Gasteiger partial charge in [-0.2, -0.15) is 0 Å². The SMILES string of the molecule is Clc1ccc2c(NCCCN3CCC(N(C4CCNCC4)C4CCNCC4)CC3)ccnc2c1. The van der Waals surface area contributed by atoms with E-state index in [9.17, 15) is 0 Å². The van der Waals surface area contributed by atoms with Gasteiger partial charge in [0, 0.05) is 47.0 Å². The molecule has 0 saturated carbocycles. The molecule has 3 N–H and O–H groups in total. The Morgan fingerprint density at radius 3 is 2.24 bits per heavy atom. The lowest BCUT2D eigenvalue weighted by Gasteiger charge is -2.48. The first kappa shape index (κ1) is 24.3. The number of nitrogens with zero attached hydrogens (tertiary/aromatic N) is 3. The molecule has 7 heteroatoms. The number of rotatable bonds is 8. The number of aromatic nitrogens is 1. The highest BCUT2D eigenvalue weighted by Crippen LogP contribution is 2.29. The molecule has 0 spiro atoms. The van der Waals surface area contributed by atoms with Crippen LogP contribution in [0.3, 0.4) is 0 Å². The second-order valence-electron chi connectivity index (χ2n) is 10.3. The van der Waals surface area contributed by atoms with E-state index >= 15 is 0 Å².